The van der Waals surface area contributed by atoms with Gasteiger partial charge in [-0.3, -0.25) is 14.6 Å². The number of ether oxygens (including phenoxy) is 1. The first-order valence-corrected chi connectivity index (χ1v) is 8.08. The highest BCUT2D eigenvalue weighted by Gasteiger charge is 2.29. The van der Waals surface area contributed by atoms with Crippen LogP contribution in [0.1, 0.15) is 28.5 Å². The molecule has 27 heavy (non-hydrogen) atoms. The minimum absolute atomic E-state index is 0.0511. The van der Waals surface area contributed by atoms with Gasteiger partial charge >= 0.3 is 6.18 Å². The molecule has 0 aromatic carbocycles. The van der Waals surface area contributed by atoms with Crippen LogP contribution in [0.2, 0.25) is 5.02 Å². The van der Waals surface area contributed by atoms with Crippen LogP contribution in [0, 0.1) is 0 Å². The van der Waals surface area contributed by atoms with E-state index < -0.39 is 18.7 Å². The fourth-order valence-electron chi connectivity index (χ4n) is 2.07. The number of hydrogen-bond acceptors (Lipinski definition) is 5. The summed E-state index contributed by atoms with van der Waals surface area (Å²) < 4.78 is 41.0. The molecule has 10 heteroatoms. The standard InChI is InChI=1S/C17H15ClF3N3O3/c1-10(25)4-13-6-12(2-3-22-13)15(26)23-7-11-5-14(18)16(24-8-11)27-9-17(19,20)21/h2-3,5-6,8H,4,7,9H2,1H3,(H,23,26). The first kappa shape index (κ1) is 20.6. The highest BCUT2D eigenvalue weighted by atomic mass is 35.5. The number of ketones is 1. The van der Waals surface area contributed by atoms with Gasteiger partial charge in [0.1, 0.15) is 10.8 Å². The van der Waals surface area contributed by atoms with Gasteiger partial charge in [0, 0.05) is 36.6 Å². The third-order valence-electron chi connectivity index (χ3n) is 3.20. The predicted molar refractivity (Wildman–Crippen MR) is 90.6 cm³/mol. The van der Waals surface area contributed by atoms with Crippen molar-refractivity contribution >= 4 is 23.3 Å². The van der Waals surface area contributed by atoms with Crippen molar-refractivity contribution in [2.24, 2.45) is 0 Å². The molecule has 144 valence electrons. The molecule has 6 nitrogen and oxygen atoms in total. The number of pyridine rings is 2. The molecule has 0 radical (unpaired) electrons. The zero-order chi connectivity index (χ0) is 20.0. The van der Waals surface area contributed by atoms with Crippen molar-refractivity contribution in [1.29, 1.82) is 0 Å². The van der Waals surface area contributed by atoms with Crippen LogP contribution in [0.15, 0.2) is 30.6 Å². The summed E-state index contributed by atoms with van der Waals surface area (Å²) in [6.45, 7) is -0.0246. The molecule has 0 saturated heterocycles. The Morgan fingerprint density at radius 2 is 2.00 bits per heavy atom. The van der Waals surface area contributed by atoms with Crippen LogP contribution in [0.25, 0.3) is 0 Å². The SMILES string of the molecule is CC(=O)Cc1cc(C(=O)NCc2cnc(OCC(F)(F)F)c(Cl)c2)ccn1. The Hall–Kier alpha value is -2.68. The largest absolute Gasteiger partial charge is 0.467 e. The van der Waals surface area contributed by atoms with E-state index in [1.165, 1.54) is 37.5 Å². The van der Waals surface area contributed by atoms with E-state index in [-0.39, 0.29) is 29.7 Å². The Morgan fingerprint density at radius 1 is 1.26 bits per heavy atom. The number of alkyl halides is 3. The Balaban J connectivity index is 1.97. The van der Waals surface area contributed by atoms with Crippen molar-refractivity contribution in [3.63, 3.8) is 0 Å². The normalized spacial score (nSPS) is 11.1. The van der Waals surface area contributed by atoms with E-state index in [1.54, 1.807) is 0 Å². The molecule has 0 aliphatic rings. The van der Waals surface area contributed by atoms with Crippen molar-refractivity contribution in [2.75, 3.05) is 6.61 Å². The molecule has 2 heterocycles. The summed E-state index contributed by atoms with van der Waals surface area (Å²) >= 11 is 5.85. The lowest BCUT2D eigenvalue weighted by Gasteiger charge is -2.11. The number of halogens is 4. The number of nitrogens with one attached hydrogen (secondary N) is 1. The van der Waals surface area contributed by atoms with Crippen molar-refractivity contribution in [2.45, 2.75) is 26.1 Å². The molecule has 0 aliphatic heterocycles. The molecule has 0 spiro atoms. The number of hydrogen-bond donors (Lipinski definition) is 1. The molecule has 0 bridgehead atoms. The summed E-state index contributed by atoms with van der Waals surface area (Å²) in [5.41, 5.74) is 1.28. The molecular formula is C17H15ClF3N3O3. The number of carbonyl (C=O) groups excluding carboxylic acids is 2. The van der Waals surface area contributed by atoms with Crippen LogP contribution < -0.4 is 10.1 Å². The summed E-state index contributed by atoms with van der Waals surface area (Å²) in [5.74, 6) is -0.823. The summed E-state index contributed by atoms with van der Waals surface area (Å²) in [5, 5.41) is 2.53. The fraction of sp³-hybridized carbons (Fsp3) is 0.294. The van der Waals surface area contributed by atoms with E-state index in [0.29, 0.717) is 16.8 Å². The third-order valence-corrected chi connectivity index (χ3v) is 3.47. The highest BCUT2D eigenvalue weighted by Crippen LogP contribution is 2.25. The summed E-state index contributed by atoms with van der Waals surface area (Å²) in [4.78, 5) is 31.1. The Kier molecular flexibility index (Phi) is 6.73. The molecule has 1 N–H and O–H groups in total. The van der Waals surface area contributed by atoms with Crippen LogP contribution in [0.4, 0.5) is 13.2 Å². The predicted octanol–water partition coefficient (Wildman–Crippen LogP) is 3.13. The molecule has 2 aromatic heterocycles. The van der Waals surface area contributed by atoms with E-state index in [4.69, 9.17) is 11.6 Å². The van der Waals surface area contributed by atoms with Crippen molar-refractivity contribution in [1.82, 2.24) is 15.3 Å². The lowest BCUT2D eigenvalue weighted by Crippen LogP contribution is -2.23. The van der Waals surface area contributed by atoms with Gasteiger partial charge in [-0.25, -0.2) is 4.98 Å². The first-order valence-electron chi connectivity index (χ1n) is 7.70. The average molecular weight is 402 g/mol. The van der Waals surface area contributed by atoms with Crippen LogP contribution in [0.5, 0.6) is 5.88 Å². The van der Waals surface area contributed by atoms with Gasteiger partial charge in [-0.2, -0.15) is 13.2 Å². The minimum atomic E-state index is -4.50. The van der Waals surface area contributed by atoms with Gasteiger partial charge in [-0.15, -0.1) is 0 Å². The number of aromatic nitrogens is 2. The molecule has 0 atom stereocenters. The maximum atomic E-state index is 12.2. The van der Waals surface area contributed by atoms with Crippen LogP contribution in [-0.2, 0) is 17.8 Å². The van der Waals surface area contributed by atoms with Gasteiger partial charge in [-0.1, -0.05) is 11.6 Å². The fourth-order valence-corrected chi connectivity index (χ4v) is 2.32. The first-order chi connectivity index (χ1) is 12.6. The van der Waals surface area contributed by atoms with Gasteiger partial charge in [0.2, 0.25) is 5.88 Å². The number of nitrogens with zero attached hydrogens (tertiary/aromatic N) is 2. The summed E-state index contributed by atoms with van der Waals surface area (Å²) in [6, 6.07) is 4.36. The second-order valence-electron chi connectivity index (χ2n) is 5.63. The lowest BCUT2D eigenvalue weighted by atomic mass is 10.1. The van der Waals surface area contributed by atoms with Crippen LogP contribution in [-0.4, -0.2) is 34.4 Å². The number of carbonyl (C=O) groups is 2. The maximum absolute atomic E-state index is 12.2. The van der Waals surface area contributed by atoms with E-state index in [2.05, 4.69) is 20.0 Å². The van der Waals surface area contributed by atoms with E-state index in [0.717, 1.165) is 0 Å². The highest BCUT2D eigenvalue weighted by molar-refractivity contribution is 6.31. The molecule has 2 rings (SSSR count). The van der Waals surface area contributed by atoms with E-state index in [1.807, 2.05) is 0 Å². The Labute approximate surface area is 157 Å². The van der Waals surface area contributed by atoms with Crippen LogP contribution in [0.3, 0.4) is 0 Å². The van der Waals surface area contributed by atoms with E-state index >= 15 is 0 Å². The summed E-state index contributed by atoms with van der Waals surface area (Å²) in [6.07, 6.45) is -1.69. The van der Waals surface area contributed by atoms with Gasteiger partial charge in [0.15, 0.2) is 6.61 Å². The number of amides is 1. The molecule has 0 fully saturated rings. The monoisotopic (exact) mass is 401 g/mol. The van der Waals surface area contributed by atoms with Gasteiger partial charge < -0.3 is 10.1 Å². The minimum Gasteiger partial charge on any atom is -0.467 e. The molecule has 0 saturated carbocycles. The second-order valence-corrected chi connectivity index (χ2v) is 6.04. The molecule has 0 unspecified atom stereocenters. The zero-order valence-corrected chi connectivity index (χ0v) is 14.9. The van der Waals surface area contributed by atoms with Crippen LogP contribution >= 0.6 is 11.6 Å². The molecule has 2 aromatic rings. The van der Waals surface area contributed by atoms with Gasteiger partial charge in [0.05, 0.1) is 0 Å². The maximum Gasteiger partial charge on any atom is 0.422 e. The van der Waals surface area contributed by atoms with E-state index in [9.17, 15) is 22.8 Å². The summed E-state index contributed by atoms with van der Waals surface area (Å²) in [7, 11) is 0. The lowest BCUT2D eigenvalue weighted by molar-refractivity contribution is -0.154. The quantitative estimate of drug-likeness (QED) is 0.771. The topological polar surface area (TPSA) is 81.2 Å². The van der Waals surface area contributed by atoms with Crippen molar-refractivity contribution in [3.8, 4) is 5.88 Å². The number of rotatable bonds is 7. The smallest absolute Gasteiger partial charge is 0.422 e. The van der Waals surface area contributed by atoms with Crippen molar-refractivity contribution < 1.29 is 27.5 Å². The Bertz CT molecular complexity index is 844. The van der Waals surface area contributed by atoms with Crippen molar-refractivity contribution in [3.05, 3.63) is 52.4 Å². The van der Waals surface area contributed by atoms with Gasteiger partial charge in [-0.05, 0) is 30.7 Å². The second kappa shape index (κ2) is 8.81. The third kappa shape index (κ3) is 6.86. The van der Waals surface area contributed by atoms with Gasteiger partial charge in [0.25, 0.3) is 5.91 Å². The zero-order valence-electron chi connectivity index (χ0n) is 14.1. The molecule has 1 amide bonds. The Morgan fingerprint density at radius 3 is 2.63 bits per heavy atom. The molecular weight excluding hydrogens is 387 g/mol. The molecule has 0 aliphatic carbocycles. The number of Topliss-reactive ketones (excluding diaryl/α,β-unsaturated/α-hetero) is 1. The average Bonchev–Trinajstić information content (AvgIpc) is 2.57.